The Kier molecular flexibility index (Phi) is 8.61. The van der Waals surface area contributed by atoms with Gasteiger partial charge in [0.1, 0.15) is 24.6 Å². The highest BCUT2D eigenvalue weighted by Crippen LogP contribution is 2.37. The first-order valence-corrected chi connectivity index (χ1v) is 11.3. The fourth-order valence-corrected chi connectivity index (χ4v) is 4.11. The quantitative estimate of drug-likeness (QED) is 0.456. The predicted molar refractivity (Wildman–Crippen MR) is 120 cm³/mol. The topological polar surface area (TPSA) is 126 Å². The summed E-state index contributed by atoms with van der Waals surface area (Å²) >= 11 is 1.35. The average Bonchev–Trinajstić information content (AvgIpc) is 3.26. The molecule has 0 spiro atoms. The van der Waals surface area contributed by atoms with E-state index in [1.54, 1.807) is 36.4 Å². The third-order valence-corrected chi connectivity index (χ3v) is 5.52. The molecule has 1 amide bonds. The summed E-state index contributed by atoms with van der Waals surface area (Å²) in [7, 11) is 0. The van der Waals surface area contributed by atoms with Crippen LogP contribution in [0, 0.1) is 0 Å². The Labute approximate surface area is 200 Å². The molecule has 3 rings (SSSR count). The molecule has 0 radical (unpaired) electrons. The Morgan fingerprint density at radius 3 is 2.44 bits per heavy atom. The molecule has 1 fully saturated rings. The Morgan fingerprint density at radius 1 is 1.03 bits per heavy atom. The van der Waals surface area contributed by atoms with E-state index in [1.165, 1.54) is 32.1 Å². The molecule has 2 aromatic rings. The average molecular weight is 492 g/mol. The van der Waals surface area contributed by atoms with Gasteiger partial charge in [0.25, 0.3) is 0 Å². The Hall–Kier alpha value is -3.44. The van der Waals surface area contributed by atoms with Gasteiger partial charge in [-0.1, -0.05) is 12.1 Å². The molecular weight excluding hydrogens is 466 g/mol. The van der Waals surface area contributed by atoms with E-state index >= 15 is 0 Å². The van der Waals surface area contributed by atoms with E-state index in [4.69, 9.17) is 23.7 Å². The first-order chi connectivity index (χ1) is 16.2. The van der Waals surface area contributed by atoms with Gasteiger partial charge < -0.3 is 23.7 Å². The highest BCUT2D eigenvalue weighted by Gasteiger charge is 2.44. The number of nitrogens with one attached hydrogen (secondary N) is 1. The second-order valence-corrected chi connectivity index (χ2v) is 8.45. The third-order valence-electron chi connectivity index (χ3n) is 4.73. The Bertz CT molecular complexity index is 1020. The number of carbonyl (C=O) groups is 4. The molecule has 1 aliphatic heterocycles. The van der Waals surface area contributed by atoms with E-state index in [0.29, 0.717) is 10.6 Å². The predicted octanol–water partition coefficient (Wildman–Crippen LogP) is 3.62. The second kappa shape index (κ2) is 11.6. The fourth-order valence-electron chi connectivity index (χ4n) is 3.51. The lowest BCUT2D eigenvalue weighted by molar-refractivity contribution is -0.214. The minimum absolute atomic E-state index is 0.0736. The van der Waals surface area contributed by atoms with Gasteiger partial charge in [-0.05, 0) is 35.2 Å². The smallest absolute Gasteiger partial charge is 0.417 e. The molecule has 0 aliphatic carbocycles. The van der Waals surface area contributed by atoms with E-state index < -0.39 is 48.4 Å². The van der Waals surface area contributed by atoms with Crippen molar-refractivity contribution in [2.24, 2.45) is 0 Å². The number of ether oxygens (including phenoxy) is 5. The van der Waals surface area contributed by atoms with E-state index in [1.807, 2.05) is 5.38 Å². The van der Waals surface area contributed by atoms with Crippen molar-refractivity contribution in [2.45, 2.75) is 51.6 Å². The number of benzene rings is 1. The third kappa shape index (κ3) is 7.29. The largest absolute Gasteiger partial charge is 0.463 e. The fraction of sp³-hybridized carbons (Fsp3) is 0.391. The van der Waals surface area contributed by atoms with Gasteiger partial charge in [0, 0.05) is 27.2 Å². The monoisotopic (exact) mass is 491 g/mol. The highest BCUT2D eigenvalue weighted by atomic mass is 32.1. The van der Waals surface area contributed by atoms with Gasteiger partial charge in [-0.3, -0.25) is 19.7 Å². The highest BCUT2D eigenvalue weighted by molar-refractivity contribution is 7.14. The minimum atomic E-state index is -0.967. The molecular formula is C23H25NO9S. The van der Waals surface area contributed by atoms with Crippen LogP contribution in [0.3, 0.4) is 0 Å². The summed E-state index contributed by atoms with van der Waals surface area (Å²) in [5.74, 6) is -1.41. The van der Waals surface area contributed by atoms with Gasteiger partial charge >= 0.3 is 24.0 Å². The van der Waals surface area contributed by atoms with Crippen LogP contribution in [-0.4, -0.2) is 48.9 Å². The standard InChI is InChI=1S/C23H25NO9S/c1-13(25)29-12-18-11-19(30-14(2)26)22(31-15(3)27)21(32-18)16-6-4-7-17(10-16)33-23(28)24-20-8-5-9-34-20/h4-10,18-19,21-22H,11-12H2,1-3H3,(H,24,28). The first kappa shape index (κ1) is 25.2. The van der Waals surface area contributed by atoms with Crippen LogP contribution in [0.15, 0.2) is 41.8 Å². The van der Waals surface area contributed by atoms with Gasteiger partial charge in [-0.15, -0.1) is 11.3 Å². The number of hydrogen-bond donors (Lipinski definition) is 1. The summed E-state index contributed by atoms with van der Waals surface area (Å²) in [6.45, 7) is 3.68. The lowest BCUT2D eigenvalue weighted by Gasteiger charge is -2.40. The first-order valence-electron chi connectivity index (χ1n) is 10.5. The number of anilines is 1. The molecule has 1 aromatic heterocycles. The van der Waals surface area contributed by atoms with E-state index in [-0.39, 0.29) is 18.8 Å². The zero-order chi connectivity index (χ0) is 24.7. The molecule has 4 unspecified atom stereocenters. The van der Waals surface area contributed by atoms with Crippen molar-refractivity contribution >= 4 is 40.3 Å². The number of hydrogen-bond acceptors (Lipinski definition) is 10. The zero-order valence-corrected chi connectivity index (χ0v) is 19.7. The summed E-state index contributed by atoms with van der Waals surface area (Å²) in [5, 5.41) is 5.06. The van der Waals surface area contributed by atoms with Crippen molar-refractivity contribution in [3.63, 3.8) is 0 Å². The number of rotatable bonds is 7. The van der Waals surface area contributed by atoms with Crippen molar-refractivity contribution in [3.05, 3.63) is 47.3 Å². The molecule has 11 heteroatoms. The molecule has 0 saturated carbocycles. The summed E-state index contributed by atoms with van der Waals surface area (Å²) in [5.41, 5.74) is 0.511. The molecule has 0 bridgehead atoms. The van der Waals surface area contributed by atoms with Crippen LogP contribution in [0.2, 0.25) is 0 Å². The lowest BCUT2D eigenvalue weighted by Crippen LogP contribution is -2.48. The van der Waals surface area contributed by atoms with Crippen molar-refractivity contribution < 1.29 is 42.9 Å². The molecule has 1 N–H and O–H groups in total. The molecule has 1 aliphatic rings. The van der Waals surface area contributed by atoms with Crippen LogP contribution < -0.4 is 10.1 Å². The summed E-state index contributed by atoms with van der Waals surface area (Å²) in [4.78, 5) is 47.0. The van der Waals surface area contributed by atoms with Crippen LogP contribution in [-0.2, 0) is 33.3 Å². The summed E-state index contributed by atoms with van der Waals surface area (Å²) in [6.07, 6.45) is -3.84. The van der Waals surface area contributed by atoms with E-state index in [9.17, 15) is 19.2 Å². The maximum absolute atomic E-state index is 12.2. The summed E-state index contributed by atoms with van der Waals surface area (Å²) < 4.78 is 27.4. The second-order valence-electron chi connectivity index (χ2n) is 7.50. The van der Waals surface area contributed by atoms with Gasteiger partial charge in [0.15, 0.2) is 6.10 Å². The number of thiophene rings is 1. The maximum Gasteiger partial charge on any atom is 0.417 e. The Balaban J connectivity index is 1.84. The minimum Gasteiger partial charge on any atom is -0.463 e. The van der Waals surface area contributed by atoms with Crippen LogP contribution in [0.5, 0.6) is 5.75 Å². The molecule has 2 heterocycles. The normalized spacial score (nSPS) is 21.7. The SMILES string of the molecule is CC(=O)OCC1CC(OC(C)=O)C(OC(C)=O)C(c2cccc(OC(=O)Nc3cccs3)c2)O1. The lowest BCUT2D eigenvalue weighted by atomic mass is 9.92. The van der Waals surface area contributed by atoms with E-state index in [2.05, 4.69) is 5.32 Å². The van der Waals surface area contributed by atoms with Crippen molar-refractivity contribution in [2.75, 3.05) is 11.9 Å². The zero-order valence-electron chi connectivity index (χ0n) is 18.8. The molecule has 34 heavy (non-hydrogen) atoms. The van der Waals surface area contributed by atoms with Crippen LogP contribution in [0.1, 0.15) is 38.9 Å². The molecule has 1 aromatic carbocycles. The summed E-state index contributed by atoms with van der Waals surface area (Å²) in [6, 6.07) is 10.0. The molecule has 4 atom stereocenters. The van der Waals surface area contributed by atoms with Crippen molar-refractivity contribution in [1.82, 2.24) is 0 Å². The van der Waals surface area contributed by atoms with Gasteiger partial charge in [-0.2, -0.15) is 0 Å². The van der Waals surface area contributed by atoms with Crippen LogP contribution in [0.4, 0.5) is 9.80 Å². The molecule has 1 saturated heterocycles. The van der Waals surface area contributed by atoms with Crippen molar-refractivity contribution in [1.29, 1.82) is 0 Å². The van der Waals surface area contributed by atoms with E-state index in [0.717, 1.165) is 0 Å². The number of amides is 1. The Morgan fingerprint density at radius 2 is 1.79 bits per heavy atom. The maximum atomic E-state index is 12.2. The van der Waals surface area contributed by atoms with Gasteiger partial charge in [-0.25, -0.2) is 4.79 Å². The van der Waals surface area contributed by atoms with Crippen LogP contribution >= 0.6 is 11.3 Å². The van der Waals surface area contributed by atoms with Gasteiger partial charge in [0.2, 0.25) is 0 Å². The molecule has 182 valence electrons. The van der Waals surface area contributed by atoms with Gasteiger partial charge in [0.05, 0.1) is 11.1 Å². The number of esters is 3. The number of carbonyl (C=O) groups excluding carboxylic acids is 4. The van der Waals surface area contributed by atoms with Crippen LogP contribution in [0.25, 0.3) is 0 Å². The molecule has 10 nitrogen and oxygen atoms in total. The van der Waals surface area contributed by atoms with Crippen molar-refractivity contribution in [3.8, 4) is 5.75 Å².